The van der Waals surface area contributed by atoms with Gasteiger partial charge in [0.1, 0.15) is 5.69 Å². The molecule has 2 fully saturated rings. The lowest BCUT2D eigenvalue weighted by molar-refractivity contribution is -0.0887. The van der Waals surface area contributed by atoms with Gasteiger partial charge in [-0.05, 0) is 19.3 Å². The third kappa shape index (κ3) is 2.16. The number of carbonyl (C=O) groups excluding carboxylic acids is 1. The lowest BCUT2D eigenvalue weighted by atomic mass is 9.71. The number of nitrogens with zero attached hydrogens (tertiary/aromatic N) is 3. The van der Waals surface area contributed by atoms with E-state index in [4.69, 9.17) is 0 Å². The van der Waals surface area contributed by atoms with Crippen molar-refractivity contribution < 1.29 is 9.90 Å². The molecule has 0 aromatic carbocycles. The molecule has 1 aliphatic carbocycles. The molecule has 5 nitrogen and oxygen atoms in total. The van der Waals surface area contributed by atoms with E-state index in [0.29, 0.717) is 25.2 Å². The zero-order valence-corrected chi connectivity index (χ0v) is 11.4. The van der Waals surface area contributed by atoms with Crippen LogP contribution in [0.4, 0.5) is 0 Å². The van der Waals surface area contributed by atoms with Gasteiger partial charge in [0.05, 0.1) is 18.1 Å². The van der Waals surface area contributed by atoms with Crippen molar-refractivity contribution in [2.75, 3.05) is 13.1 Å². The molecule has 1 aromatic heterocycles. The maximum atomic E-state index is 12.4. The first kappa shape index (κ1) is 12.7. The third-order valence-corrected chi connectivity index (χ3v) is 4.75. The highest BCUT2D eigenvalue weighted by Crippen LogP contribution is 2.39. The molecule has 2 unspecified atom stereocenters. The van der Waals surface area contributed by atoms with E-state index in [0.717, 1.165) is 19.3 Å². The molecule has 1 aromatic rings. The summed E-state index contributed by atoms with van der Waals surface area (Å²) < 4.78 is 1.75. The number of amides is 1. The summed E-state index contributed by atoms with van der Waals surface area (Å²) in [6, 6.07) is 0. The predicted molar refractivity (Wildman–Crippen MR) is 70.6 cm³/mol. The van der Waals surface area contributed by atoms with Gasteiger partial charge in [-0.25, -0.2) is 4.98 Å². The molecule has 2 aliphatic rings. The molecular formula is C14H21N3O2. The number of hydrogen-bond donors (Lipinski definition) is 1. The van der Waals surface area contributed by atoms with Crippen LogP contribution < -0.4 is 0 Å². The summed E-state index contributed by atoms with van der Waals surface area (Å²) >= 11 is 0. The number of aryl methyl sites for hydroxylation is 1. The Balaban J connectivity index is 1.74. The van der Waals surface area contributed by atoms with E-state index in [1.807, 2.05) is 11.9 Å². The maximum Gasteiger partial charge on any atom is 0.272 e. The maximum absolute atomic E-state index is 12.4. The molecule has 5 heteroatoms. The Labute approximate surface area is 113 Å². The molecule has 1 amide bonds. The van der Waals surface area contributed by atoms with Crippen molar-refractivity contribution in [1.29, 1.82) is 0 Å². The van der Waals surface area contributed by atoms with Crippen LogP contribution in [0.1, 0.15) is 42.6 Å². The fraction of sp³-hybridized carbons (Fsp3) is 0.714. The summed E-state index contributed by atoms with van der Waals surface area (Å²) in [6.07, 6.45) is 8.18. The highest BCUT2D eigenvalue weighted by Gasteiger charge is 2.43. The van der Waals surface area contributed by atoms with Crippen molar-refractivity contribution in [1.82, 2.24) is 14.5 Å². The van der Waals surface area contributed by atoms with Crippen LogP contribution in [-0.4, -0.2) is 44.2 Å². The van der Waals surface area contributed by atoms with Gasteiger partial charge in [0.2, 0.25) is 0 Å². The third-order valence-electron chi connectivity index (χ3n) is 4.75. The average Bonchev–Trinajstić information content (AvgIpc) is 2.83. The summed E-state index contributed by atoms with van der Waals surface area (Å²) in [6.45, 7) is 1.33. The van der Waals surface area contributed by atoms with Crippen molar-refractivity contribution in [2.24, 2.45) is 13.0 Å². The van der Waals surface area contributed by atoms with Crippen molar-refractivity contribution >= 4 is 5.91 Å². The second kappa shape index (κ2) is 4.63. The number of rotatable bonds is 1. The molecule has 0 spiro atoms. The lowest BCUT2D eigenvalue weighted by Gasteiger charge is -2.47. The summed E-state index contributed by atoms with van der Waals surface area (Å²) in [5.41, 5.74) is 0.0999. The number of likely N-dealkylation sites (tertiary alicyclic amines) is 1. The predicted octanol–water partition coefficient (Wildman–Crippen LogP) is 1.19. The SMILES string of the molecule is Cn1cncc1C(=O)N1CCC2(O)CCCCC2C1. The van der Waals surface area contributed by atoms with E-state index in [1.54, 1.807) is 17.1 Å². The van der Waals surface area contributed by atoms with Gasteiger partial charge in [-0.3, -0.25) is 4.79 Å². The zero-order valence-electron chi connectivity index (χ0n) is 11.4. The molecular weight excluding hydrogens is 242 g/mol. The van der Waals surface area contributed by atoms with Crippen LogP contribution >= 0.6 is 0 Å². The summed E-state index contributed by atoms with van der Waals surface area (Å²) in [5, 5.41) is 10.6. The fourth-order valence-corrected chi connectivity index (χ4v) is 3.48. The highest BCUT2D eigenvalue weighted by atomic mass is 16.3. The largest absolute Gasteiger partial charge is 0.389 e. The van der Waals surface area contributed by atoms with Crippen LogP contribution in [0.25, 0.3) is 0 Å². The molecule has 2 heterocycles. The van der Waals surface area contributed by atoms with E-state index in [-0.39, 0.29) is 11.8 Å². The van der Waals surface area contributed by atoms with Gasteiger partial charge in [0, 0.05) is 26.1 Å². The smallest absolute Gasteiger partial charge is 0.272 e. The van der Waals surface area contributed by atoms with Crippen molar-refractivity contribution in [3.63, 3.8) is 0 Å². The van der Waals surface area contributed by atoms with E-state index in [1.165, 1.54) is 6.42 Å². The first-order valence-corrected chi connectivity index (χ1v) is 7.08. The Morgan fingerprint density at radius 1 is 1.47 bits per heavy atom. The lowest BCUT2D eigenvalue weighted by Crippen LogP contribution is -2.54. The molecule has 19 heavy (non-hydrogen) atoms. The Morgan fingerprint density at radius 3 is 3.05 bits per heavy atom. The summed E-state index contributed by atoms with van der Waals surface area (Å²) in [7, 11) is 1.83. The highest BCUT2D eigenvalue weighted by molar-refractivity contribution is 5.92. The molecule has 0 bridgehead atoms. The van der Waals surface area contributed by atoms with Gasteiger partial charge in [-0.1, -0.05) is 12.8 Å². The van der Waals surface area contributed by atoms with Crippen molar-refractivity contribution in [3.8, 4) is 0 Å². The zero-order chi connectivity index (χ0) is 13.5. The second-order valence-electron chi connectivity index (χ2n) is 5.94. The number of aliphatic hydroxyl groups is 1. The van der Waals surface area contributed by atoms with Crippen LogP contribution in [0.5, 0.6) is 0 Å². The van der Waals surface area contributed by atoms with Crippen molar-refractivity contribution in [2.45, 2.75) is 37.7 Å². The van der Waals surface area contributed by atoms with Crippen LogP contribution in [0.3, 0.4) is 0 Å². The second-order valence-corrected chi connectivity index (χ2v) is 5.94. The number of hydrogen-bond acceptors (Lipinski definition) is 3. The Hall–Kier alpha value is -1.36. The molecule has 1 saturated heterocycles. The summed E-state index contributed by atoms with van der Waals surface area (Å²) in [5.74, 6) is 0.278. The summed E-state index contributed by atoms with van der Waals surface area (Å²) in [4.78, 5) is 18.3. The molecule has 3 rings (SSSR count). The van der Waals surface area contributed by atoms with Gasteiger partial charge in [0.15, 0.2) is 0 Å². The van der Waals surface area contributed by atoms with Crippen molar-refractivity contribution in [3.05, 3.63) is 18.2 Å². The van der Waals surface area contributed by atoms with Crippen LogP contribution in [0.15, 0.2) is 12.5 Å². The Morgan fingerprint density at radius 2 is 2.32 bits per heavy atom. The van der Waals surface area contributed by atoms with E-state index >= 15 is 0 Å². The number of imidazole rings is 1. The molecule has 0 radical (unpaired) electrons. The van der Waals surface area contributed by atoms with E-state index in [9.17, 15) is 9.90 Å². The minimum atomic E-state index is -0.526. The number of carbonyl (C=O) groups is 1. The normalized spacial score (nSPS) is 31.1. The minimum absolute atomic E-state index is 0.0348. The number of aromatic nitrogens is 2. The number of piperidine rings is 1. The van der Waals surface area contributed by atoms with Crippen LogP contribution in [0.2, 0.25) is 0 Å². The van der Waals surface area contributed by atoms with Gasteiger partial charge in [-0.2, -0.15) is 0 Å². The Bertz CT molecular complexity index is 485. The topological polar surface area (TPSA) is 58.4 Å². The van der Waals surface area contributed by atoms with Gasteiger partial charge in [-0.15, -0.1) is 0 Å². The Kier molecular flexibility index (Phi) is 3.09. The van der Waals surface area contributed by atoms with Crippen LogP contribution in [0, 0.1) is 5.92 Å². The molecule has 1 N–H and O–H groups in total. The molecule has 1 aliphatic heterocycles. The fourth-order valence-electron chi connectivity index (χ4n) is 3.48. The van der Waals surface area contributed by atoms with Gasteiger partial charge >= 0.3 is 0 Å². The molecule has 2 atom stereocenters. The standard InChI is InChI=1S/C14H21N3O2/c1-16-10-15-8-12(16)13(18)17-7-6-14(19)5-3-2-4-11(14)9-17/h8,10-11,19H,2-7,9H2,1H3. The van der Waals surface area contributed by atoms with E-state index in [2.05, 4.69) is 4.98 Å². The molecule has 1 saturated carbocycles. The molecule has 104 valence electrons. The minimum Gasteiger partial charge on any atom is -0.389 e. The van der Waals surface area contributed by atoms with Gasteiger partial charge < -0.3 is 14.6 Å². The average molecular weight is 263 g/mol. The number of fused-ring (bicyclic) bond motifs is 1. The first-order valence-electron chi connectivity index (χ1n) is 7.08. The van der Waals surface area contributed by atoms with Crippen LogP contribution in [-0.2, 0) is 7.05 Å². The first-order chi connectivity index (χ1) is 9.10. The quantitative estimate of drug-likeness (QED) is 0.828. The monoisotopic (exact) mass is 263 g/mol. The van der Waals surface area contributed by atoms with E-state index < -0.39 is 5.60 Å². The van der Waals surface area contributed by atoms with Gasteiger partial charge in [0.25, 0.3) is 5.91 Å².